The van der Waals surface area contributed by atoms with Crippen LogP contribution in [0, 0.1) is 11.8 Å². The normalized spacial score (nSPS) is 11.6. The molecule has 1 unspecified atom stereocenters. The highest BCUT2D eigenvalue weighted by atomic mass is 16.2. The van der Waals surface area contributed by atoms with Crippen LogP contribution < -0.4 is 16.6 Å². The highest BCUT2D eigenvalue weighted by Gasteiger charge is 2.23. The van der Waals surface area contributed by atoms with Crippen LogP contribution in [0.5, 0.6) is 0 Å². The second-order valence-corrected chi connectivity index (χ2v) is 9.15. The van der Waals surface area contributed by atoms with E-state index in [0.29, 0.717) is 33.4 Å². The van der Waals surface area contributed by atoms with Gasteiger partial charge in [0.25, 0.3) is 11.5 Å². The number of pyridine rings is 2. The molecule has 0 saturated heterocycles. The topological polar surface area (TPSA) is 120 Å². The summed E-state index contributed by atoms with van der Waals surface area (Å²) in [4.78, 5) is 35.9. The molecule has 0 bridgehead atoms. The largest absolute Gasteiger partial charge is 0.381 e. The number of para-hydroxylation sites is 1. The summed E-state index contributed by atoms with van der Waals surface area (Å²) >= 11 is 0. The number of hydrogen-bond donors (Lipinski definition) is 2. The zero-order chi connectivity index (χ0) is 27.6. The molecular weight excluding hydrogens is 502 g/mol. The number of hydrogen-bond acceptors (Lipinski definition) is 6. The minimum absolute atomic E-state index is 0.0687. The van der Waals surface area contributed by atoms with E-state index in [1.54, 1.807) is 35.4 Å². The first kappa shape index (κ1) is 24.6. The van der Waals surface area contributed by atoms with E-state index in [-0.39, 0.29) is 16.9 Å². The van der Waals surface area contributed by atoms with Gasteiger partial charge in [-0.15, -0.1) is 5.10 Å². The van der Waals surface area contributed by atoms with Gasteiger partial charge in [0, 0.05) is 47.3 Å². The molecule has 0 aliphatic rings. The van der Waals surface area contributed by atoms with Crippen molar-refractivity contribution < 1.29 is 4.79 Å². The van der Waals surface area contributed by atoms with Crippen LogP contribution in [-0.4, -0.2) is 30.1 Å². The first-order valence-electron chi connectivity index (χ1n) is 12.6. The van der Waals surface area contributed by atoms with Crippen LogP contribution in [0.25, 0.3) is 22.1 Å². The van der Waals surface area contributed by atoms with Crippen LogP contribution in [0.15, 0.2) is 102 Å². The van der Waals surface area contributed by atoms with Crippen molar-refractivity contribution in [2.45, 2.75) is 13.0 Å². The molecule has 4 aromatic heterocycles. The summed E-state index contributed by atoms with van der Waals surface area (Å²) in [5.74, 6) is 5.86. The van der Waals surface area contributed by atoms with Crippen molar-refractivity contribution in [3.05, 3.63) is 130 Å². The van der Waals surface area contributed by atoms with E-state index in [0.717, 1.165) is 5.56 Å². The van der Waals surface area contributed by atoms with Gasteiger partial charge in [-0.3, -0.25) is 19.1 Å². The zero-order valence-electron chi connectivity index (χ0n) is 21.4. The molecule has 0 spiro atoms. The Morgan fingerprint density at radius 3 is 2.65 bits per heavy atom. The van der Waals surface area contributed by atoms with Gasteiger partial charge in [0.2, 0.25) is 0 Å². The molecule has 9 nitrogen and oxygen atoms in total. The summed E-state index contributed by atoms with van der Waals surface area (Å²) in [7, 11) is 0. The maximum atomic E-state index is 14.2. The smallest absolute Gasteiger partial charge is 0.264 e. The third-order valence-corrected chi connectivity index (χ3v) is 6.53. The van der Waals surface area contributed by atoms with Crippen LogP contribution >= 0.6 is 0 Å². The zero-order valence-corrected chi connectivity index (χ0v) is 21.4. The predicted molar refractivity (Wildman–Crippen MR) is 153 cm³/mol. The average molecular weight is 526 g/mol. The maximum Gasteiger partial charge on any atom is 0.264 e. The second-order valence-electron chi connectivity index (χ2n) is 9.15. The molecule has 3 N–H and O–H groups in total. The number of nitrogens with one attached hydrogen (secondary N) is 1. The molecule has 9 heteroatoms. The summed E-state index contributed by atoms with van der Waals surface area (Å²) in [5.41, 5.74) is 8.96. The average Bonchev–Trinajstić information content (AvgIpc) is 3.32. The summed E-state index contributed by atoms with van der Waals surface area (Å²) in [6.07, 6.45) is 6.60. The highest BCUT2D eigenvalue weighted by Crippen LogP contribution is 2.24. The molecule has 0 fully saturated rings. The number of nitrogen functional groups attached to an aromatic ring is 1. The predicted octanol–water partition coefficient (Wildman–Crippen LogP) is 3.90. The van der Waals surface area contributed by atoms with Gasteiger partial charge < -0.3 is 11.1 Å². The van der Waals surface area contributed by atoms with E-state index < -0.39 is 11.9 Å². The summed E-state index contributed by atoms with van der Waals surface area (Å²) in [5, 5.41) is 8.37. The third-order valence-electron chi connectivity index (χ3n) is 6.53. The first-order chi connectivity index (χ1) is 19.5. The molecule has 194 valence electrons. The Balaban J connectivity index is 1.48. The minimum atomic E-state index is -0.576. The van der Waals surface area contributed by atoms with E-state index >= 15 is 0 Å². The van der Waals surface area contributed by atoms with Gasteiger partial charge in [-0.05, 0) is 54.8 Å². The van der Waals surface area contributed by atoms with E-state index in [2.05, 4.69) is 32.2 Å². The minimum Gasteiger partial charge on any atom is -0.381 e. The van der Waals surface area contributed by atoms with Crippen molar-refractivity contribution in [3.8, 4) is 17.5 Å². The Morgan fingerprint density at radius 2 is 1.85 bits per heavy atom. The molecule has 0 radical (unpaired) electrons. The van der Waals surface area contributed by atoms with Gasteiger partial charge in [-0.1, -0.05) is 42.2 Å². The van der Waals surface area contributed by atoms with Crippen molar-refractivity contribution >= 4 is 28.1 Å². The molecule has 0 aliphatic heterocycles. The Hall–Kier alpha value is -5.75. The van der Waals surface area contributed by atoms with E-state index in [4.69, 9.17) is 5.73 Å². The van der Waals surface area contributed by atoms with Crippen LogP contribution in [0.2, 0.25) is 0 Å². The lowest BCUT2D eigenvalue weighted by Gasteiger charge is -2.21. The number of fused-ring (bicyclic) bond motifs is 2. The second kappa shape index (κ2) is 10.2. The van der Waals surface area contributed by atoms with Crippen LogP contribution in [-0.2, 0) is 0 Å². The quantitative estimate of drug-likeness (QED) is 0.337. The van der Waals surface area contributed by atoms with Gasteiger partial charge in [-0.25, -0.2) is 9.50 Å². The van der Waals surface area contributed by atoms with Crippen molar-refractivity contribution in [2.75, 3.05) is 5.73 Å². The van der Waals surface area contributed by atoms with Crippen LogP contribution in [0.1, 0.15) is 40.1 Å². The molecule has 1 atom stereocenters. The van der Waals surface area contributed by atoms with E-state index in [9.17, 15) is 9.59 Å². The number of benzene rings is 2. The fourth-order valence-electron chi connectivity index (χ4n) is 4.69. The molecule has 0 aliphatic carbocycles. The number of nitrogens with two attached hydrogens (primary N) is 1. The Labute approximate surface area is 228 Å². The summed E-state index contributed by atoms with van der Waals surface area (Å²) in [6.45, 7) is 1.82. The molecule has 2 aromatic carbocycles. The highest BCUT2D eigenvalue weighted by molar-refractivity contribution is 6.04. The van der Waals surface area contributed by atoms with Crippen LogP contribution in [0.3, 0.4) is 0 Å². The summed E-state index contributed by atoms with van der Waals surface area (Å²) in [6, 6.07) is 21.6. The number of nitrogens with zero attached hydrogens (tertiary/aromatic N) is 5. The van der Waals surface area contributed by atoms with E-state index in [1.165, 1.54) is 4.52 Å². The number of carbonyl (C=O) groups excluding carboxylic acids is 1. The van der Waals surface area contributed by atoms with E-state index in [1.807, 2.05) is 73.7 Å². The Kier molecular flexibility index (Phi) is 6.26. The fourth-order valence-corrected chi connectivity index (χ4v) is 4.69. The molecule has 4 heterocycles. The van der Waals surface area contributed by atoms with Gasteiger partial charge in [0.15, 0.2) is 11.5 Å². The monoisotopic (exact) mass is 525 g/mol. The Morgan fingerprint density at radius 1 is 1.00 bits per heavy atom. The lowest BCUT2D eigenvalue weighted by atomic mass is 10.0. The molecule has 40 heavy (non-hydrogen) atoms. The molecular formula is C31H23N7O2. The van der Waals surface area contributed by atoms with Crippen LogP contribution in [0.4, 0.5) is 5.82 Å². The van der Waals surface area contributed by atoms with Crippen molar-refractivity contribution in [1.82, 2.24) is 29.5 Å². The fraction of sp³-hybridized carbons (Fsp3) is 0.0645. The molecule has 6 aromatic rings. The Bertz CT molecular complexity index is 2000. The lowest BCUT2D eigenvalue weighted by molar-refractivity contribution is 0.0941. The number of rotatable bonds is 4. The third kappa shape index (κ3) is 4.44. The number of amides is 1. The first-order valence-corrected chi connectivity index (χ1v) is 12.6. The standard InChI is InChI=1S/C31H23N7O2/c1-20(35-30(39)27-28(32)36-37-17-7-16-34-29(27)37)25-18-23-10-5-9-22(14-13-21-8-6-15-33-19-21)26(23)31(40)38(25)24-11-3-2-4-12-24/h2-12,15-20H,1H3,(H2,32,36)(H,35,39). The van der Waals surface area contributed by atoms with Crippen molar-refractivity contribution in [1.29, 1.82) is 0 Å². The number of carbonyl (C=O) groups is 1. The summed E-state index contributed by atoms with van der Waals surface area (Å²) < 4.78 is 3.07. The van der Waals surface area contributed by atoms with Gasteiger partial charge in [0.1, 0.15) is 5.56 Å². The number of anilines is 1. The maximum absolute atomic E-state index is 14.2. The molecule has 0 saturated carbocycles. The lowest BCUT2D eigenvalue weighted by Crippen LogP contribution is -2.32. The van der Waals surface area contributed by atoms with Gasteiger partial charge in [0.05, 0.1) is 11.4 Å². The SMILES string of the molecule is CC(NC(=O)c1c(N)nn2cccnc12)c1cc2cccc(C#Cc3cccnc3)c2c(=O)n1-c1ccccc1. The van der Waals surface area contributed by atoms with Crippen molar-refractivity contribution in [2.24, 2.45) is 0 Å². The van der Waals surface area contributed by atoms with Crippen molar-refractivity contribution in [3.63, 3.8) is 0 Å². The van der Waals surface area contributed by atoms with Gasteiger partial charge in [-0.2, -0.15) is 0 Å². The number of aromatic nitrogens is 5. The van der Waals surface area contributed by atoms with Gasteiger partial charge >= 0.3 is 0 Å². The molecule has 6 rings (SSSR count). The molecule has 1 amide bonds.